The molecular formula is C23H25F3N6O5S. The molecule has 2 aromatic heterocycles. The molecular weight excluding hydrogens is 529 g/mol. The first kappa shape index (κ1) is 27.0. The summed E-state index contributed by atoms with van der Waals surface area (Å²) in [6.45, 7) is 1.47. The Kier molecular flexibility index (Phi) is 7.40. The molecule has 11 nitrogen and oxygen atoms in total. The number of hydrazone groups is 1. The third-order valence-corrected chi connectivity index (χ3v) is 7.34. The molecule has 4 rings (SSSR count). The van der Waals surface area contributed by atoms with Crippen LogP contribution in [-0.2, 0) is 27.7 Å². The number of anilines is 1. The molecule has 0 atom stereocenters. The maximum Gasteiger partial charge on any atom is 0.516 e. The number of nitrogens with one attached hydrogen (secondary N) is 1. The number of nitrogens with zero attached hydrogens (tertiary/aromatic N) is 5. The molecule has 15 heteroatoms. The fourth-order valence-electron chi connectivity index (χ4n) is 3.90. The van der Waals surface area contributed by atoms with E-state index in [1.165, 1.54) is 12.1 Å². The van der Waals surface area contributed by atoms with Crippen LogP contribution in [0.1, 0.15) is 28.7 Å². The van der Waals surface area contributed by atoms with Crippen LogP contribution in [0.15, 0.2) is 47.7 Å². The topological polar surface area (TPSA) is 118 Å². The van der Waals surface area contributed by atoms with Crippen molar-refractivity contribution < 1.29 is 35.9 Å². The Balaban J connectivity index is 1.47. The maximum atomic E-state index is 13.1. The lowest BCUT2D eigenvalue weighted by molar-refractivity contribution is -0.0477. The molecule has 1 N–H and O–H groups in total. The number of sulfonamides is 1. The van der Waals surface area contributed by atoms with E-state index in [1.54, 1.807) is 47.0 Å². The number of hydrogen-bond donors (Lipinski definition) is 1. The molecule has 1 aromatic carbocycles. The molecule has 3 heterocycles. The highest BCUT2D eigenvalue weighted by Crippen LogP contribution is 2.29. The Morgan fingerprint density at radius 3 is 2.39 bits per heavy atom. The van der Waals surface area contributed by atoms with Gasteiger partial charge in [-0.2, -0.15) is 21.6 Å². The molecule has 0 aliphatic carbocycles. The zero-order valence-corrected chi connectivity index (χ0v) is 21.5. The summed E-state index contributed by atoms with van der Waals surface area (Å²) in [6, 6.07) is 9.58. The van der Waals surface area contributed by atoms with E-state index in [0.29, 0.717) is 34.9 Å². The second-order valence-corrected chi connectivity index (χ2v) is 9.99. The number of alkyl halides is 3. The Morgan fingerprint density at radius 1 is 1.08 bits per heavy atom. The Bertz CT molecular complexity index is 1470. The number of imidazole rings is 1. The lowest BCUT2D eigenvalue weighted by atomic mass is 10.2. The van der Waals surface area contributed by atoms with Crippen LogP contribution in [0.2, 0.25) is 0 Å². The fourth-order valence-corrected chi connectivity index (χ4v) is 4.78. The number of benzene rings is 1. The quantitative estimate of drug-likeness (QED) is 0.477. The number of ether oxygens (including phenoxy) is 2. The summed E-state index contributed by atoms with van der Waals surface area (Å²) in [6.07, 6.45) is 2.25. The summed E-state index contributed by atoms with van der Waals surface area (Å²) in [5.74, 6) is 0.265. The van der Waals surface area contributed by atoms with Crippen molar-refractivity contribution >= 4 is 33.3 Å². The Morgan fingerprint density at radius 2 is 1.79 bits per heavy atom. The van der Waals surface area contributed by atoms with Crippen molar-refractivity contribution in [3.63, 3.8) is 0 Å². The number of halogens is 3. The van der Waals surface area contributed by atoms with E-state index >= 15 is 0 Å². The second-order valence-electron chi connectivity index (χ2n) is 8.14. The van der Waals surface area contributed by atoms with Gasteiger partial charge in [-0.3, -0.25) is 14.2 Å². The minimum absolute atomic E-state index is 0.0910. The number of aromatic nitrogens is 2. The van der Waals surface area contributed by atoms with Gasteiger partial charge in [0.25, 0.3) is 5.91 Å². The van der Waals surface area contributed by atoms with Crippen molar-refractivity contribution in [3.8, 4) is 5.75 Å². The number of carbonyl (C=O) groups excluding carboxylic acids is 1. The van der Waals surface area contributed by atoms with Crippen molar-refractivity contribution in [2.75, 3.05) is 32.3 Å². The second kappa shape index (κ2) is 10.4. The smallest absolute Gasteiger partial charge is 0.495 e. The number of aryl methyl sites for hydroxylation is 1. The van der Waals surface area contributed by atoms with Gasteiger partial charge in [-0.25, -0.2) is 9.29 Å². The van der Waals surface area contributed by atoms with Crippen LogP contribution in [-0.4, -0.2) is 66.9 Å². The molecule has 204 valence electrons. The molecule has 0 bridgehead atoms. The zero-order chi connectivity index (χ0) is 27.7. The van der Waals surface area contributed by atoms with Gasteiger partial charge >= 0.3 is 21.6 Å². The van der Waals surface area contributed by atoms with Crippen molar-refractivity contribution in [3.05, 3.63) is 59.5 Å². The number of amides is 1. The summed E-state index contributed by atoms with van der Waals surface area (Å²) in [5, 5.41) is 8.13. The predicted molar refractivity (Wildman–Crippen MR) is 132 cm³/mol. The summed E-state index contributed by atoms with van der Waals surface area (Å²) < 4.78 is 74.4. The van der Waals surface area contributed by atoms with E-state index in [-0.39, 0.29) is 23.3 Å². The minimum atomic E-state index is -5.63. The standard InChI is InChI=1S/C23H25F3N6O5S/c1-4-18-20(30-14-17(36-2)9-10-19(30)28-18)21(33)27-13-15-5-7-16(8-6-15)31-11-12-32(22(29-31)37-3)38(34,35)23(24,25)26/h5-10,14H,4,11-13H2,1-3H3,(H,27,33). The molecule has 0 saturated carbocycles. The number of amidine groups is 1. The van der Waals surface area contributed by atoms with Crippen LogP contribution in [0.5, 0.6) is 5.75 Å². The summed E-state index contributed by atoms with van der Waals surface area (Å²) in [7, 11) is -3.06. The van der Waals surface area contributed by atoms with E-state index in [1.807, 2.05) is 6.92 Å². The normalized spacial score (nSPS) is 14.4. The van der Waals surface area contributed by atoms with Crippen LogP contribution >= 0.6 is 0 Å². The van der Waals surface area contributed by atoms with Crippen molar-refractivity contribution in [2.24, 2.45) is 5.10 Å². The third-order valence-electron chi connectivity index (χ3n) is 5.84. The van der Waals surface area contributed by atoms with Gasteiger partial charge in [0.2, 0.25) is 0 Å². The van der Waals surface area contributed by atoms with Crippen molar-refractivity contribution in [1.29, 1.82) is 0 Å². The molecule has 0 radical (unpaired) electrons. The van der Waals surface area contributed by atoms with Crippen LogP contribution in [0.25, 0.3) is 5.65 Å². The van der Waals surface area contributed by atoms with Gasteiger partial charge < -0.3 is 14.8 Å². The summed E-state index contributed by atoms with van der Waals surface area (Å²) in [4.78, 5) is 17.6. The van der Waals surface area contributed by atoms with Crippen LogP contribution in [0, 0.1) is 0 Å². The molecule has 0 spiro atoms. The SMILES string of the molecule is CCc1nc2ccc(OC)cn2c1C(=O)NCc1ccc(N2CCN(S(=O)(=O)C(F)(F)F)C(OC)=N2)cc1. The highest BCUT2D eigenvalue weighted by atomic mass is 32.2. The predicted octanol–water partition coefficient (Wildman–Crippen LogP) is 2.72. The maximum absolute atomic E-state index is 13.1. The van der Waals surface area contributed by atoms with Gasteiger partial charge in [0.1, 0.15) is 17.1 Å². The van der Waals surface area contributed by atoms with Crippen molar-refractivity contribution in [2.45, 2.75) is 25.4 Å². The van der Waals surface area contributed by atoms with E-state index < -0.39 is 28.1 Å². The van der Waals surface area contributed by atoms with Gasteiger partial charge in [-0.15, -0.1) is 5.10 Å². The Labute approximate surface area is 216 Å². The summed E-state index contributed by atoms with van der Waals surface area (Å²) >= 11 is 0. The van der Waals surface area contributed by atoms with E-state index in [9.17, 15) is 26.4 Å². The zero-order valence-electron chi connectivity index (χ0n) is 20.7. The van der Waals surface area contributed by atoms with Gasteiger partial charge in [-0.05, 0) is 36.2 Å². The first-order valence-electron chi connectivity index (χ1n) is 11.4. The average molecular weight is 555 g/mol. The number of carbonyl (C=O) groups is 1. The molecule has 38 heavy (non-hydrogen) atoms. The monoisotopic (exact) mass is 554 g/mol. The molecule has 1 amide bonds. The molecule has 1 aliphatic heterocycles. The van der Waals surface area contributed by atoms with Gasteiger partial charge in [-0.1, -0.05) is 19.1 Å². The molecule has 0 fully saturated rings. The molecule has 1 aliphatic rings. The lowest BCUT2D eigenvalue weighted by Crippen LogP contribution is -2.51. The largest absolute Gasteiger partial charge is 0.516 e. The van der Waals surface area contributed by atoms with Gasteiger partial charge in [0, 0.05) is 6.54 Å². The minimum Gasteiger partial charge on any atom is -0.495 e. The number of fused-ring (bicyclic) bond motifs is 1. The first-order chi connectivity index (χ1) is 18.0. The molecule has 0 saturated heterocycles. The fraction of sp³-hybridized carbons (Fsp3) is 0.348. The lowest BCUT2D eigenvalue weighted by Gasteiger charge is -2.32. The van der Waals surface area contributed by atoms with E-state index in [0.717, 1.165) is 12.7 Å². The van der Waals surface area contributed by atoms with E-state index in [2.05, 4.69) is 15.4 Å². The van der Waals surface area contributed by atoms with Gasteiger partial charge in [0.15, 0.2) is 0 Å². The van der Waals surface area contributed by atoms with E-state index in [4.69, 9.17) is 9.47 Å². The van der Waals surface area contributed by atoms with Crippen molar-refractivity contribution in [1.82, 2.24) is 19.0 Å². The highest BCUT2D eigenvalue weighted by molar-refractivity contribution is 7.90. The number of rotatable bonds is 7. The third kappa shape index (κ3) is 5.05. The highest BCUT2D eigenvalue weighted by Gasteiger charge is 2.52. The van der Waals surface area contributed by atoms with Gasteiger partial charge in [0.05, 0.1) is 44.9 Å². The first-order valence-corrected chi connectivity index (χ1v) is 12.9. The number of methoxy groups -OCH3 is 2. The van der Waals surface area contributed by atoms with Crippen LogP contribution in [0.3, 0.4) is 0 Å². The van der Waals surface area contributed by atoms with Crippen LogP contribution in [0.4, 0.5) is 18.9 Å². The van der Waals surface area contributed by atoms with Crippen LogP contribution < -0.4 is 15.1 Å². The number of hydrogen-bond acceptors (Lipinski definition) is 8. The number of pyridine rings is 1. The molecule has 3 aromatic rings. The average Bonchev–Trinajstić information content (AvgIpc) is 3.28. The molecule has 0 unspecified atom stereocenters. The summed E-state index contributed by atoms with van der Waals surface area (Å²) in [5.41, 5.74) is -2.55. The Hall–Kier alpha value is -4.01.